The van der Waals surface area contributed by atoms with Crippen LogP contribution in [0.5, 0.6) is 0 Å². The third-order valence-electron chi connectivity index (χ3n) is 3.94. The highest BCUT2D eigenvalue weighted by molar-refractivity contribution is 5.97. The van der Waals surface area contributed by atoms with Gasteiger partial charge in [-0.15, -0.1) is 0 Å². The summed E-state index contributed by atoms with van der Waals surface area (Å²) in [5.41, 5.74) is 0.465. The van der Waals surface area contributed by atoms with Crippen LogP contribution >= 0.6 is 0 Å². The van der Waals surface area contributed by atoms with Gasteiger partial charge in [-0.05, 0) is 30.9 Å². The van der Waals surface area contributed by atoms with Gasteiger partial charge in [0, 0.05) is 11.6 Å². The Morgan fingerprint density at radius 3 is 2.12 bits per heavy atom. The molecule has 138 valence electrons. The van der Waals surface area contributed by atoms with Gasteiger partial charge in [-0.2, -0.15) is 0 Å². The van der Waals surface area contributed by atoms with E-state index < -0.39 is 12.0 Å². The second kappa shape index (κ2) is 10.5. The third-order valence-corrected chi connectivity index (χ3v) is 3.94. The first-order valence-corrected chi connectivity index (χ1v) is 8.70. The second-order valence-electron chi connectivity index (χ2n) is 6.25. The predicted octanol–water partition coefficient (Wildman–Crippen LogP) is 2.29. The zero-order valence-electron chi connectivity index (χ0n) is 15.4. The number of esters is 1. The van der Waals surface area contributed by atoms with Crippen LogP contribution in [0.3, 0.4) is 0 Å². The highest BCUT2D eigenvalue weighted by Gasteiger charge is 2.26. The van der Waals surface area contributed by atoms with Gasteiger partial charge in [0.25, 0.3) is 11.8 Å². The molecule has 0 aromatic heterocycles. The molecule has 0 saturated carbocycles. The van der Waals surface area contributed by atoms with E-state index in [4.69, 9.17) is 4.74 Å². The number of carbonyl (C=O) groups excluding carboxylic acids is 3. The Hall–Kier alpha value is -2.37. The van der Waals surface area contributed by atoms with Gasteiger partial charge >= 0.3 is 5.97 Å². The molecule has 0 fully saturated rings. The van der Waals surface area contributed by atoms with Gasteiger partial charge in [0.15, 0.2) is 6.61 Å². The summed E-state index contributed by atoms with van der Waals surface area (Å²) in [5.74, 6) is -1.46. The van der Waals surface area contributed by atoms with E-state index in [0.717, 1.165) is 12.8 Å². The van der Waals surface area contributed by atoms with E-state index >= 15 is 0 Å². The maximum Gasteiger partial charge on any atom is 0.329 e. The van der Waals surface area contributed by atoms with Crippen molar-refractivity contribution in [2.75, 3.05) is 6.61 Å². The lowest BCUT2D eigenvalue weighted by molar-refractivity contribution is -0.151. The number of rotatable bonds is 9. The quantitative estimate of drug-likeness (QED) is 0.671. The van der Waals surface area contributed by atoms with E-state index in [-0.39, 0.29) is 30.4 Å². The van der Waals surface area contributed by atoms with Crippen LogP contribution in [0.15, 0.2) is 30.3 Å². The lowest BCUT2D eigenvalue weighted by atomic mass is 10.0. The maximum atomic E-state index is 12.3. The summed E-state index contributed by atoms with van der Waals surface area (Å²) in [7, 11) is 0. The van der Waals surface area contributed by atoms with Gasteiger partial charge in [-0.25, -0.2) is 4.79 Å². The molecule has 0 spiro atoms. The lowest BCUT2D eigenvalue weighted by Crippen LogP contribution is -2.46. The van der Waals surface area contributed by atoms with E-state index in [1.54, 1.807) is 24.3 Å². The Morgan fingerprint density at radius 1 is 1.00 bits per heavy atom. The molecule has 0 aliphatic carbocycles. The van der Waals surface area contributed by atoms with Crippen LogP contribution in [0.2, 0.25) is 0 Å². The van der Waals surface area contributed by atoms with Crippen LogP contribution in [-0.4, -0.2) is 36.5 Å². The number of ether oxygens (including phenoxy) is 1. The van der Waals surface area contributed by atoms with Crippen LogP contribution in [0.25, 0.3) is 0 Å². The van der Waals surface area contributed by atoms with Crippen molar-refractivity contribution in [1.82, 2.24) is 10.6 Å². The monoisotopic (exact) mass is 348 g/mol. The number of amides is 2. The van der Waals surface area contributed by atoms with Crippen molar-refractivity contribution in [3.05, 3.63) is 35.9 Å². The number of carbonyl (C=O) groups is 3. The van der Waals surface area contributed by atoms with Gasteiger partial charge in [-0.1, -0.05) is 45.9 Å². The molecule has 1 rings (SSSR count). The molecule has 6 heteroatoms. The third kappa shape index (κ3) is 6.95. The highest BCUT2D eigenvalue weighted by atomic mass is 16.5. The molecule has 0 aliphatic heterocycles. The van der Waals surface area contributed by atoms with Crippen molar-refractivity contribution in [3.8, 4) is 0 Å². The molecule has 1 aromatic carbocycles. The summed E-state index contributed by atoms with van der Waals surface area (Å²) >= 11 is 0. The van der Waals surface area contributed by atoms with Gasteiger partial charge in [-0.3, -0.25) is 9.59 Å². The van der Waals surface area contributed by atoms with Crippen LogP contribution in [0.4, 0.5) is 0 Å². The Bertz CT molecular complexity index is 568. The maximum absolute atomic E-state index is 12.3. The van der Waals surface area contributed by atoms with E-state index in [1.165, 1.54) is 0 Å². The molecule has 0 radical (unpaired) electrons. The Balaban J connectivity index is 2.59. The molecular weight excluding hydrogens is 320 g/mol. The molecular formula is C19H28N2O4. The fourth-order valence-corrected chi connectivity index (χ4v) is 2.30. The second-order valence-corrected chi connectivity index (χ2v) is 6.25. The van der Waals surface area contributed by atoms with E-state index in [9.17, 15) is 14.4 Å². The lowest BCUT2D eigenvalue weighted by Gasteiger charge is -2.21. The largest absolute Gasteiger partial charge is 0.454 e. The molecule has 1 atom stereocenters. The van der Waals surface area contributed by atoms with Crippen molar-refractivity contribution in [2.24, 2.45) is 5.92 Å². The SMILES string of the molecule is CCC(CC)NC(=O)COC(=O)[C@@H](NC(=O)c1ccccc1)C(C)C. The molecule has 2 N–H and O–H groups in total. The average molecular weight is 348 g/mol. The Kier molecular flexibility index (Phi) is 8.67. The average Bonchev–Trinajstić information content (AvgIpc) is 2.62. The van der Waals surface area contributed by atoms with Crippen molar-refractivity contribution >= 4 is 17.8 Å². The van der Waals surface area contributed by atoms with E-state index in [1.807, 2.05) is 33.8 Å². The normalized spacial score (nSPS) is 11.9. The molecule has 0 saturated heterocycles. The molecule has 6 nitrogen and oxygen atoms in total. The van der Waals surface area contributed by atoms with Gasteiger partial charge in [0.05, 0.1) is 0 Å². The zero-order valence-corrected chi connectivity index (χ0v) is 15.4. The van der Waals surface area contributed by atoms with Crippen molar-refractivity contribution < 1.29 is 19.1 Å². The van der Waals surface area contributed by atoms with Gasteiger partial charge < -0.3 is 15.4 Å². The number of hydrogen-bond donors (Lipinski definition) is 2. The molecule has 0 unspecified atom stereocenters. The Morgan fingerprint density at radius 2 is 1.60 bits per heavy atom. The molecule has 25 heavy (non-hydrogen) atoms. The van der Waals surface area contributed by atoms with Gasteiger partial charge in [0.2, 0.25) is 0 Å². The summed E-state index contributed by atoms with van der Waals surface area (Å²) in [4.78, 5) is 36.3. The van der Waals surface area contributed by atoms with Crippen molar-refractivity contribution in [3.63, 3.8) is 0 Å². The predicted molar refractivity (Wildman–Crippen MR) is 96.0 cm³/mol. The van der Waals surface area contributed by atoms with Crippen LogP contribution in [0.1, 0.15) is 50.9 Å². The Labute approximate surface area is 149 Å². The van der Waals surface area contributed by atoms with Gasteiger partial charge in [0.1, 0.15) is 6.04 Å². The van der Waals surface area contributed by atoms with Crippen molar-refractivity contribution in [2.45, 2.75) is 52.6 Å². The smallest absolute Gasteiger partial charge is 0.329 e. The first-order chi connectivity index (χ1) is 11.9. The molecule has 0 heterocycles. The molecule has 0 aliphatic rings. The minimum atomic E-state index is -0.811. The first kappa shape index (κ1) is 20.7. The number of hydrogen-bond acceptors (Lipinski definition) is 4. The number of nitrogens with one attached hydrogen (secondary N) is 2. The topological polar surface area (TPSA) is 84.5 Å². The fourth-order valence-electron chi connectivity index (χ4n) is 2.30. The zero-order chi connectivity index (χ0) is 18.8. The molecule has 1 aromatic rings. The van der Waals surface area contributed by atoms with E-state index in [2.05, 4.69) is 10.6 Å². The standard InChI is InChI=1S/C19H28N2O4/c1-5-15(6-2)20-16(22)12-25-19(24)17(13(3)4)21-18(23)14-10-8-7-9-11-14/h7-11,13,15,17H,5-6,12H2,1-4H3,(H,20,22)(H,21,23)/t17-/m0/s1. The summed E-state index contributed by atoms with van der Waals surface area (Å²) in [6.45, 7) is 7.23. The van der Waals surface area contributed by atoms with Crippen LogP contribution < -0.4 is 10.6 Å². The first-order valence-electron chi connectivity index (χ1n) is 8.70. The summed E-state index contributed by atoms with van der Waals surface area (Å²) in [6, 6.07) is 7.91. The highest BCUT2D eigenvalue weighted by Crippen LogP contribution is 2.07. The van der Waals surface area contributed by atoms with Crippen molar-refractivity contribution in [1.29, 1.82) is 0 Å². The minimum absolute atomic E-state index is 0.0740. The molecule has 2 amide bonds. The number of benzene rings is 1. The molecule has 0 bridgehead atoms. The summed E-state index contributed by atoms with van der Waals surface area (Å²) in [6.07, 6.45) is 1.63. The van der Waals surface area contributed by atoms with Crippen LogP contribution in [0, 0.1) is 5.92 Å². The summed E-state index contributed by atoms with van der Waals surface area (Å²) < 4.78 is 5.09. The summed E-state index contributed by atoms with van der Waals surface area (Å²) in [5, 5.41) is 5.48. The fraction of sp³-hybridized carbons (Fsp3) is 0.526. The van der Waals surface area contributed by atoms with E-state index in [0.29, 0.717) is 5.56 Å². The van der Waals surface area contributed by atoms with Crippen LogP contribution in [-0.2, 0) is 14.3 Å². The minimum Gasteiger partial charge on any atom is -0.454 e.